The number of ether oxygens (including phenoxy) is 1. The first kappa shape index (κ1) is 18.0. The molecule has 2 aromatic rings. The predicted octanol–water partition coefficient (Wildman–Crippen LogP) is 3.64. The first-order valence-electron chi connectivity index (χ1n) is 7.64. The Labute approximate surface area is 151 Å². The minimum atomic E-state index is -4.12. The molecule has 0 aromatic heterocycles. The van der Waals surface area contributed by atoms with E-state index < -0.39 is 32.4 Å². The van der Waals surface area contributed by atoms with Crippen molar-refractivity contribution in [3.8, 4) is 5.75 Å². The van der Waals surface area contributed by atoms with E-state index >= 15 is 0 Å². The smallest absolute Gasteiger partial charge is 0.244 e. The summed E-state index contributed by atoms with van der Waals surface area (Å²) in [7, 11) is -4.12. The predicted molar refractivity (Wildman–Crippen MR) is 94.7 cm³/mol. The number of sulfonamides is 1. The molecule has 0 bridgehead atoms. The Morgan fingerprint density at radius 2 is 2.04 bits per heavy atom. The molecule has 8 heteroatoms. The highest BCUT2D eigenvalue weighted by atomic mass is 35.5. The molecule has 1 heterocycles. The van der Waals surface area contributed by atoms with Crippen molar-refractivity contribution in [1.82, 2.24) is 4.72 Å². The quantitative estimate of drug-likeness (QED) is 0.791. The molecule has 134 valence electrons. The van der Waals surface area contributed by atoms with E-state index in [1.54, 1.807) is 18.2 Å². The van der Waals surface area contributed by atoms with Gasteiger partial charge in [-0.1, -0.05) is 17.7 Å². The summed E-state index contributed by atoms with van der Waals surface area (Å²) in [5.74, 6) is -0.430. The molecule has 5 nitrogen and oxygen atoms in total. The summed E-state index contributed by atoms with van der Waals surface area (Å²) in [6.45, 7) is 3.71. The average molecular weight is 385 g/mol. The number of nitrogens with two attached hydrogens (primary N) is 1. The molecule has 1 atom stereocenters. The fourth-order valence-electron chi connectivity index (χ4n) is 2.92. The number of hydrogen-bond acceptors (Lipinski definition) is 4. The molecule has 0 saturated heterocycles. The number of nitrogen functional groups attached to an aromatic ring is 1. The maximum atomic E-state index is 14.2. The summed E-state index contributed by atoms with van der Waals surface area (Å²) in [5.41, 5.74) is 6.33. The molecule has 1 aliphatic rings. The zero-order chi connectivity index (χ0) is 18.4. The number of nitrogens with one attached hydrogen (secondary N) is 1. The number of rotatable bonds is 3. The van der Waals surface area contributed by atoms with E-state index in [0.717, 1.165) is 0 Å². The van der Waals surface area contributed by atoms with Gasteiger partial charge < -0.3 is 10.5 Å². The van der Waals surface area contributed by atoms with Gasteiger partial charge in [0.05, 0.1) is 11.1 Å². The van der Waals surface area contributed by atoms with Gasteiger partial charge in [0, 0.05) is 17.7 Å². The third-order valence-corrected chi connectivity index (χ3v) is 5.78. The lowest BCUT2D eigenvalue weighted by atomic mass is 9.90. The molecule has 2 aromatic carbocycles. The number of halogens is 2. The van der Waals surface area contributed by atoms with Gasteiger partial charge in [0.25, 0.3) is 0 Å². The normalized spacial score (nSPS) is 19.1. The highest BCUT2D eigenvalue weighted by Gasteiger charge is 2.36. The highest BCUT2D eigenvalue weighted by molar-refractivity contribution is 7.89. The van der Waals surface area contributed by atoms with E-state index in [9.17, 15) is 12.8 Å². The van der Waals surface area contributed by atoms with Gasteiger partial charge in [-0.2, -0.15) is 0 Å². The van der Waals surface area contributed by atoms with Crippen molar-refractivity contribution in [3.05, 3.63) is 52.8 Å². The van der Waals surface area contributed by atoms with Crippen molar-refractivity contribution in [1.29, 1.82) is 0 Å². The van der Waals surface area contributed by atoms with Crippen LogP contribution in [0.15, 0.2) is 41.3 Å². The van der Waals surface area contributed by atoms with E-state index in [1.165, 1.54) is 18.2 Å². The summed E-state index contributed by atoms with van der Waals surface area (Å²) in [4.78, 5) is -0.491. The molecule has 1 unspecified atom stereocenters. The summed E-state index contributed by atoms with van der Waals surface area (Å²) < 4.78 is 48.0. The highest BCUT2D eigenvalue weighted by Crippen LogP contribution is 2.41. The van der Waals surface area contributed by atoms with Gasteiger partial charge in [0.1, 0.15) is 16.2 Å². The van der Waals surface area contributed by atoms with Crippen LogP contribution in [-0.2, 0) is 10.0 Å². The van der Waals surface area contributed by atoms with E-state index in [0.29, 0.717) is 23.4 Å². The van der Waals surface area contributed by atoms with Crippen LogP contribution in [0.5, 0.6) is 5.75 Å². The molecular weight excluding hydrogens is 367 g/mol. The van der Waals surface area contributed by atoms with Crippen LogP contribution in [0.4, 0.5) is 10.1 Å². The molecule has 1 aliphatic heterocycles. The second-order valence-electron chi connectivity index (χ2n) is 6.59. The molecule has 0 amide bonds. The first-order chi connectivity index (χ1) is 11.6. The Bertz CT molecular complexity index is 931. The molecule has 3 N–H and O–H groups in total. The van der Waals surface area contributed by atoms with Crippen molar-refractivity contribution in [2.75, 3.05) is 5.73 Å². The lowest BCUT2D eigenvalue weighted by molar-refractivity contribution is 0.0702. The summed E-state index contributed by atoms with van der Waals surface area (Å²) in [5, 5.41) is -0.250. The van der Waals surface area contributed by atoms with E-state index in [2.05, 4.69) is 4.72 Å². The Morgan fingerprint density at radius 1 is 1.32 bits per heavy atom. The largest absolute Gasteiger partial charge is 0.487 e. The topological polar surface area (TPSA) is 81.4 Å². The molecule has 0 radical (unpaired) electrons. The Balaban J connectivity index is 2.02. The minimum absolute atomic E-state index is 0.250. The van der Waals surface area contributed by atoms with Crippen LogP contribution >= 0.6 is 11.6 Å². The summed E-state index contributed by atoms with van der Waals surface area (Å²) >= 11 is 5.71. The van der Waals surface area contributed by atoms with Gasteiger partial charge >= 0.3 is 0 Å². The van der Waals surface area contributed by atoms with Crippen LogP contribution in [0.25, 0.3) is 0 Å². The molecule has 3 rings (SSSR count). The van der Waals surface area contributed by atoms with Crippen molar-refractivity contribution < 1.29 is 17.5 Å². The van der Waals surface area contributed by atoms with E-state index in [4.69, 9.17) is 22.1 Å². The van der Waals surface area contributed by atoms with Gasteiger partial charge in [-0.15, -0.1) is 0 Å². The Hall–Kier alpha value is -1.83. The van der Waals surface area contributed by atoms with Crippen molar-refractivity contribution in [2.45, 2.75) is 36.8 Å². The van der Waals surface area contributed by atoms with Crippen LogP contribution in [-0.4, -0.2) is 14.0 Å². The van der Waals surface area contributed by atoms with Crippen LogP contribution in [0, 0.1) is 5.82 Å². The minimum Gasteiger partial charge on any atom is -0.487 e. The lowest BCUT2D eigenvalue weighted by Gasteiger charge is -2.37. The van der Waals surface area contributed by atoms with Crippen LogP contribution in [0.1, 0.15) is 31.9 Å². The van der Waals surface area contributed by atoms with Gasteiger partial charge in [-0.3, -0.25) is 0 Å². The number of fused-ring (bicyclic) bond motifs is 1. The third-order valence-electron chi connectivity index (χ3n) is 3.99. The molecule has 25 heavy (non-hydrogen) atoms. The van der Waals surface area contributed by atoms with Crippen molar-refractivity contribution in [3.63, 3.8) is 0 Å². The number of anilines is 1. The zero-order valence-electron chi connectivity index (χ0n) is 13.7. The average Bonchev–Trinajstić information content (AvgIpc) is 2.49. The lowest BCUT2D eigenvalue weighted by Crippen LogP contribution is -2.41. The van der Waals surface area contributed by atoms with Crippen LogP contribution in [0.3, 0.4) is 0 Å². The monoisotopic (exact) mass is 384 g/mol. The molecule has 0 aliphatic carbocycles. The SMILES string of the molecule is CC1(C)CC(NS(=O)(=O)c2cccc(Cl)c2F)c2cc(N)ccc2O1. The Morgan fingerprint density at radius 3 is 2.76 bits per heavy atom. The summed E-state index contributed by atoms with van der Waals surface area (Å²) in [6.07, 6.45) is 0.366. The fourth-order valence-corrected chi connectivity index (χ4v) is 4.47. The second kappa shape index (κ2) is 6.16. The summed E-state index contributed by atoms with van der Waals surface area (Å²) in [6, 6.07) is 8.30. The van der Waals surface area contributed by atoms with Gasteiger partial charge in [0.2, 0.25) is 10.0 Å². The molecule has 0 spiro atoms. The third kappa shape index (κ3) is 3.58. The van der Waals surface area contributed by atoms with Gasteiger partial charge in [-0.05, 0) is 44.2 Å². The van der Waals surface area contributed by atoms with E-state index in [1.807, 2.05) is 13.8 Å². The van der Waals surface area contributed by atoms with Crippen LogP contribution < -0.4 is 15.2 Å². The Kier molecular flexibility index (Phi) is 4.43. The number of hydrogen-bond donors (Lipinski definition) is 2. The van der Waals surface area contributed by atoms with Gasteiger partial charge in [-0.25, -0.2) is 17.5 Å². The van der Waals surface area contributed by atoms with Crippen molar-refractivity contribution >= 4 is 27.3 Å². The van der Waals surface area contributed by atoms with Crippen LogP contribution in [0.2, 0.25) is 5.02 Å². The van der Waals surface area contributed by atoms with Crippen molar-refractivity contribution in [2.24, 2.45) is 0 Å². The zero-order valence-corrected chi connectivity index (χ0v) is 15.3. The molecule has 0 saturated carbocycles. The molecular formula is C17H18ClFN2O3S. The maximum absolute atomic E-state index is 14.2. The maximum Gasteiger partial charge on any atom is 0.244 e. The van der Waals surface area contributed by atoms with E-state index in [-0.39, 0.29) is 5.02 Å². The standard InChI is InChI=1S/C17H18ClFN2O3S/c1-17(2)9-13(11-8-10(20)6-7-14(11)24-17)21-25(22,23)15-5-3-4-12(18)16(15)19/h3-8,13,21H,9,20H2,1-2H3. The number of benzene rings is 2. The fraction of sp³-hybridized carbons (Fsp3) is 0.294. The second-order valence-corrected chi connectivity index (χ2v) is 8.68. The van der Waals surface area contributed by atoms with Gasteiger partial charge in [0.15, 0.2) is 5.82 Å². The first-order valence-corrected chi connectivity index (χ1v) is 9.50. The molecule has 0 fully saturated rings.